The highest BCUT2D eigenvalue weighted by molar-refractivity contribution is 6.10. The van der Waals surface area contributed by atoms with E-state index < -0.39 is 11.9 Å². The maximum Gasteiger partial charge on any atom is 0.255 e. The van der Waals surface area contributed by atoms with Gasteiger partial charge >= 0.3 is 0 Å². The fourth-order valence-corrected chi connectivity index (χ4v) is 5.21. The number of likely N-dealkylation sites (tertiary alicyclic amines) is 1. The van der Waals surface area contributed by atoms with E-state index in [0.717, 1.165) is 36.4 Å². The van der Waals surface area contributed by atoms with Crippen molar-refractivity contribution in [1.29, 1.82) is 0 Å². The van der Waals surface area contributed by atoms with Gasteiger partial charge in [-0.15, -0.1) is 0 Å². The van der Waals surface area contributed by atoms with Crippen molar-refractivity contribution in [1.82, 2.24) is 15.1 Å². The number of imide groups is 1. The van der Waals surface area contributed by atoms with Gasteiger partial charge in [0, 0.05) is 25.1 Å². The molecule has 1 unspecified atom stereocenters. The number of benzene rings is 1. The predicted octanol–water partition coefficient (Wildman–Crippen LogP) is 1.47. The van der Waals surface area contributed by atoms with E-state index in [2.05, 4.69) is 15.3 Å². The standard InChI is InChI=1S/C25H29N5O5/c1-15-26-12-17(27-15)11-23(32)29-9-3-2-4-18(29)14-35-19-5-6-20-16(10-19)13-30(25(20)34)21-7-8-22(31)28-24(21)33/h5-6,10,18,21H,2-4,7-9,11-14H2,1H3,(H,28,31,33)/t18-,21?/m0/s1. The Labute approximate surface area is 203 Å². The third-order valence-electron chi connectivity index (χ3n) is 7.05. The summed E-state index contributed by atoms with van der Waals surface area (Å²) in [5.74, 6) is 0.467. The number of hydrogen-bond donors (Lipinski definition) is 1. The van der Waals surface area contributed by atoms with Crippen molar-refractivity contribution in [3.8, 4) is 5.75 Å². The van der Waals surface area contributed by atoms with Crippen LogP contribution in [0.25, 0.3) is 0 Å². The monoisotopic (exact) mass is 479 g/mol. The van der Waals surface area contributed by atoms with E-state index >= 15 is 0 Å². The van der Waals surface area contributed by atoms with Crippen LogP contribution in [0.3, 0.4) is 0 Å². The minimum absolute atomic E-state index is 0.0184. The number of aliphatic imine (C=N–C) groups is 2. The van der Waals surface area contributed by atoms with Crippen molar-refractivity contribution in [2.75, 3.05) is 19.7 Å². The quantitative estimate of drug-likeness (QED) is 0.620. The van der Waals surface area contributed by atoms with Gasteiger partial charge in [0.15, 0.2) is 0 Å². The number of amidine groups is 1. The Morgan fingerprint density at radius 2 is 2.06 bits per heavy atom. The van der Waals surface area contributed by atoms with Gasteiger partial charge in [0.05, 0.1) is 24.7 Å². The molecule has 0 saturated carbocycles. The molecule has 10 heteroatoms. The van der Waals surface area contributed by atoms with E-state index in [-0.39, 0.29) is 36.6 Å². The zero-order valence-electron chi connectivity index (χ0n) is 19.8. The van der Waals surface area contributed by atoms with E-state index in [4.69, 9.17) is 4.74 Å². The van der Waals surface area contributed by atoms with E-state index in [9.17, 15) is 19.2 Å². The molecule has 4 aliphatic heterocycles. The summed E-state index contributed by atoms with van der Waals surface area (Å²) >= 11 is 0. The number of fused-ring (bicyclic) bond motifs is 1. The minimum atomic E-state index is -0.641. The third-order valence-corrected chi connectivity index (χ3v) is 7.05. The lowest BCUT2D eigenvalue weighted by Gasteiger charge is -2.35. The molecule has 2 fully saturated rings. The largest absolute Gasteiger partial charge is 0.491 e. The highest BCUT2D eigenvalue weighted by Crippen LogP contribution is 2.30. The summed E-state index contributed by atoms with van der Waals surface area (Å²) in [5, 5.41) is 2.32. The molecule has 35 heavy (non-hydrogen) atoms. The normalized spacial score (nSPS) is 24.2. The predicted molar refractivity (Wildman–Crippen MR) is 127 cm³/mol. The van der Waals surface area contributed by atoms with Gasteiger partial charge in [-0.1, -0.05) is 0 Å². The maximum absolute atomic E-state index is 12.9. The Hall–Kier alpha value is -3.56. The van der Waals surface area contributed by atoms with Crippen LogP contribution in [0.5, 0.6) is 5.75 Å². The number of hydrogen-bond acceptors (Lipinski definition) is 7. The van der Waals surface area contributed by atoms with Crippen LogP contribution in [0.15, 0.2) is 28.2 Å². The van der Waals surface area contributed by atoms with Gasteiger partial charge in [-0.05, 0) is 56.4 Å². The molecule has 4 heterocycles. The van der Waals surface area contributed by atoms with Gasteiger partial charge in [-0.3, -0.25) is 29.5 Å². The zero-order valence-corrected chi connectivity index (χ0v) is 19.8. The molecule has 1 aromatic carbocycles. The SMILES string of the molecule is CC1=NCC(CC(=O)N2CCCC[C@H]2COc2ccc3c(c2)CN(C2CCC(=O)NC2=O)C3=O)=N1. The number of rotatable bonds is 6. The molecule has 10 nitrogen and oxygen atoms in total. The average Bonchev–Trinajstić information content (AvgIpc) is 3.40. The molecule has 1 N–H and O–H groups in total. The van der Waals surface area contributed by atoms with Crippen LogP contribution in [0.2, 0.25) is 0 Å². The molecule has 2 saturated heterocycles. The molecule has 2 atom stereocenters. The molecule has 0 spiro atoms. The van der Waals surface area contributed by atoms with Crippen molar-refractivity contribution < 1.29 is 23.9 Å². The Morgan fingerprint density at radius 3 is 2.83 bits per heavy atom. The van der Waals surface area contributed by atoms with Gasteiger partial charge in [0.2, 0.25) is 17.7 Å². The van der Waals surface area contributed by atoms with Crippen LogP contribution in [0, 0.1) is 0 Å². The molecular weight excluding hydrogens is 450 g/mol. The topological polar surface area (TPSA) is 121 Å². The minimum Gasteiger partial charge on any atom is -0.491 e. The molecular formula is C25H29N5O5. The van der Waals surface area contributed by atoms with Crippen molar-refractivity contribution in [2.24, 2.45) is 9.98 Å². The summed E-state index contributed by atoms with van der Waals surface area (Å²) in [6.07, 6.45) is 3.73. The Morgan fingerprint density at radius 1 is 1.20 bits per heavy atom. The average molecular weight is 480 g/mol. The highest BCUT2D eigenvalue weighted by atomic mass is 16.5. The van der Waals surface area contributed by atoms with Gasteiger partial charge < -0.3 is 14.5 Å². The first kappa shape index (κ1) is 23.2. The first-order valence-corrected chi connectivity index (χ1v) is 12.2. The summed E-state index contributed by atoms with van der Waals surface area (Å²) in [6.45, 7) is 3.71. The fraction of sp³-hybridized carbons (Fsp3) is 0.520. The van der Waals surface area contributed by atoms with Crippen LogP contribution in [-0.4, -0.2) is 76.8 Å². The Bertz CT molecular complexity index is 1140. The third kappa shape index (κ3) is 4.82. The van der Waals surface area contributed by atoms with Crippen molar-refractivity contribution in [3.05, 3.63) is 29.3 Å². The fourth-order valence-electron chi connectivity index (χ4n) is 5.21. The van der Waals surface area contributed by atoms with Gasteiger partial charge in [-0.2, -0.15) is 0 Å². The number of carbonyl (C=O) groups excluding carboxylic acids is 4. The number of nitrogens with zero attached hydrogens (tertiary/aromatic N) is 4. The van der Waals surface area contributed by atoms with Crippen molar-refractivity contribution in [2.45, 2.75) is 64.1 Å². The van der Waals surface area contributed by atoms with Crippen LogP contribution in [0.4, 0.5) is 0 Å². The Balaban J connectivity index is 1.21. The molecule has 184 valence electrons. The lowest BCUT2D eigenvalue weighted by atomic mass is 10.0. The molecule has 4 amide bonds. The van der Waals surface area contributed by atoms with Crippen LogP contribution in [0.1, 0.15) is 61.4 Å². The number of nitrogens with one attached hydrogen (secondary N) is 1. The summed E-state index contributed by atoms with van der Waals surface area (Å²) in [7, 11) is 0. The second-order valence-corrected chi connectivity index (χ2v) is 9.48. The molecule has 0 radical (unpaired) electrons. The summed E-state index contributed by atoms with van der Waals surface area (Å²) in [5.41, 5.74) is 2.15. The summed E-state index contributed by atoms with van der Waals surface area (Å²) in [6, 6.07) is 4.66. The second-order valence-electron chi connectivity index (χ2n) is 9.48. The van der Waals surface area contributed by atoms with Gasteiger partial charge in [0.25, 0.3) is 5.91 Å². The second kappa shape index (κ2) is 9.59. The van der Waals surface area contributed by atoms with Crippen molar-refractivity contribution in [3.63, 3.8) is 0 Å². The zero-order chi connectivity index (χ0) is 24.5. The highest BCUT2D eigenvalue weighted by Gasteiger charge is 2.39. The van der Waals surface area contributed by atoms with Gasteiger partial charge in [0.1, 0.15) is 24.2 Å². The van der Waals surface area contributed by atoms with Crippen LogP contribution < -0.4 is 10.1 Å². The van der Waals surface area contributed by atoms with E-state index in [1.54, 1.807) is 12.1 Å². The maximum atomic E-state index is 12.9. The lowest BCUT2D eigenvalue weighted by molar-refractivity contribution is -0.137. The van der Waals surface area contributed by atoms with Crippen LogP contribution in [-0.2, 0) is 20.9 Å². The van der Waals surface area contributed by atoms with E-state index in [1.807, 2.05) is 17.9 Å². The molecule has 0 bridgehead atoms. The van der Waals surface area contributed by atoms with Gasteiger partial charge in [-0.25, -0.2) is 4.99 Å². The smallest absolute Gasteiger partial charge is 0.255 e. The molecule has 1 aromatic rings. The number of carbonyl (C=O) groups is 4. The number of piperidine rings is 2. The molecule has 4 aliphatic rings. The van der Waals surface area contributed by atoms with Crippen molar-refractivity contribution >= 4 is 35.2 Å². The van der Waals surface area contributed by atoms with E-state index in [0.29, 0.717) is 44.0 Å². The molecule has 0 aliphatic carbocycles. The summed E-state index contributed by atoms with van der Waals surface area (Å²) < 4.78 is 6.09. The van der Waals surface area contributed by atoms with Crippen LogP contribution >= 0.6 is 0 Å². The lowest BCUT2D eigenvalue weighted by Crippen LogP contribution is -2.52. The first-order chi connectivity index (χ1) is 16.9. The summed E-state index contributed by atoms with van der Waals surface area (Å²) in [4.78, 5) is 61.5. The first-order valence-electron chi connectivity index (χ1n) is 12.2. The number of amides is 4. The van der Waals surface area contributed by atoms with E-state index in [1.165, 1.54) is 4.90 Å². The number of ether oxygens (including phenoxy) is 1. The Kier molecular flexibility index (Phi) is 6.36. The molecule has 0 aromatic heterocycles. The molecule has 5 rings (SSSR count).